The number of aryl methyl sites for hydroxylation is 2. The second kappa shape index (κ2) is 7.15. The minimum Gasteiger partial charge on any atom is -0.224 e. The molecule has 0 heterocycles. The SMILES string of the molecule is Cc1ccc(C)c(S(=O)(=O)CCCCCCCl)c1. The van der Waals surface area contributed by atoms with Crippen LogP contribution in [0.5, 0.6) is 0 Å². The highest BCUT2D eigenvalue weighted by molar-refractivity contribution is 7.91. The van der Waals surface area contributed by atoms with Gasteiger partial charge in [-0.1, -0.05) is 25.0 Å². The predicted molar refractivity (Wildman–Crippen MR) is 77.2 cm³/mol. The third-order valence-electron chi connectivity index (χ3n) is 2.98. The zero-order valence-electron chi connectivity index (χ0n) is 11.1. The Kier molecular flexibility index (Phi) is 6.16. The van der Waals surface area contributed by atoms with E-state index in [1.807, 2.05) is 26.0 Å². The molecule has 0 radical (unpaired) electrons. The van der Waals surface area contributed by atoms with Gasteiger partial charge in [-0.15, -0.1) is 11.6 Å². The molecule has 0 aliphatic rings. The third kappa shape index (κ3) is 4.62. The van der Waals surface area contributed by atoms with E-state index in [4.69, 9.17) is 11.6 Å². The quantitative estimate of drug-likeness (QED) is 0.564. The Morgan fingerprint density at radius 1 is 1.06 bits per heavy atom. The van der Waals surface area contributed by atoms with Gasteiger partial charge >= 0.3 is 0 Å². The van der Waals surface area contributed by atoms with Crippen molar-refractivity contribution in [1.82, 2.24) is 0 Å². The Bertz CT molecular complexity index is 481. The predicted octanol–water partition coefficient (Wildman–Crippen LogP) is 3.88. The summed E-state index contributed by atoms with van der Waals surface area (Å²) in [5, 5.41) is 0. The summed E-state index contributed by atoms with van der Waals surface area (Å²) >= 11 is 5.59. The number of benzene rings is 1. The largest absolute Gasteiger partial charge is 0.224 e. The van der Waals surface area contributed by atoms with Gasteiger partial charge in [-0.2, -0.15) is 0 Å². The first-order valence-corrected chi connectivity index (χ1v) is 8.52. The molecule has 18 heavy (non-hydrogen) atoms. The standard InChI is InChI=1S/C14H21ClO2S/c1-12-7-8-13(2)14(11-12)18(16,17)10-6-4-3-5-9-15/h7-8,11H,3-6,9-10H2,1-2H3. The van der Waals surface area contributed by atoms with Crippen LogP contribution in [0.15, 0.2) is 23.1 Å². The smallest absolute Gasteiger partial charge is 0.178 e. The number of unbranched alkanes of at least 4 members (excludes halogenated alkanes) is 3. The topological polar surface area (TPSA) is 34.1 Å². The Labute approximate surface area is 115 Å². The van der Waals surface area contributed by atoms with Crippen molar-refractivity contribution in [2.45, 2.75) is 44.4 Å². The molecule has 0 aromatic heterocycles. The summed E-state index contributed by atoms with van der Waals surface area (Å²) in [6.07, 6.45) is 3.61. The van der Waals surface area contributed by atoms with Gasteiger partial charge in [0.25, 0.3) is 0 Å². The van der Waals surface area contributed by atoms with E-state index in [1.54, 1.807) is 6.07 Å². The first kappa shape index (κ1) is 15.5. The van der Waals surface area contributed by atoms with Crippen LogP contribution in [-0.4, -0.2) is 20.1 Å². The number of rotatable bonds is 7. The van der Waals surface area contributed by atoms with Gasteiger partial charge in [0.15, 0.2) is 9.84 Å². The highest BCUT2D eigenvalue weighted by Gasteiger charge is 2.16. The maximum absolute atomic E-state index is 12.2. The van der Waals surface area contributed by atoms with E-state index in [2.05, 4.69) is 0 Å². The Morgan fingerprint density at radius 2 is 1.72 bits per heavy atom. The number of halogens is 1. The molecular formula is C14H21ClO2S. The fourth-order valence-electron chi connectivity index (χ4n) is 1.89. The normalized spacial score (nSPS) is 11.7. The van der Waals surface area contributed by atoms with E-state index in [0.717, 1.165) is 30.4 Å². The van der Waals surface area contributed by atoms with Crippen LogP contribution in [0, 0.1) is 13.8 Å². The van der Waals surface area contributed by atoms with Gasteiger partial charge in [0.1, 0.15) is 0 Å². The van der Waals surface area contributed by atoms with Gasteiger partial charge in [0, 0.05) is 5.88 Å². The second-order valence-electron chi connectivity index (χ2n) is 4.69. The molecule has 0 saturated carbocycles. The van der Waals surface area contributed by atoms with E-state index in [9.17, 15) is 8.42 Å². The molecule has 0 amide bonds. The van der Waals surface area contributed by atoms with E-state index >= 15 is 0 Å². The van der Waals surface area contributed by atoms with Crippen molar-refractivity contribution >= 4 is 21.4 Å². The minimum atomic E-state index is -3.13. The second-order valence-corrected chi connectivity index (χ2v) is 7.15. The highest BCUT2D eigenvalue weighted by atomic mass is 35.5. The van der Waals surface area contributed by atoms with E-state index in [-0.39, 0.29) is 5.75 Å². The number of hydrogen-bond acceptors (Lipinski definition) is 2. The molecule has 102 valence electrons. The molecule has 0 spiro atoms. The van der Waals surface area contributed by atoms with Crippen LogP contribution in [0.25, 0.3) is 0 Å². The fraction of sp³-hybridized carbons (Fsp3) is 0.571. The van der Waals surface area contributed by atoms with Crippen LogP contribution in [0.1, 0.15) is 36.8 Å². The number of hydrogen-bond donors (Lipinski definition) is 0. The molecule has 2 nitrogen and oxygen atoms in total. The van der Waals surface area contributed by atoms with Crippen LogP contribution in [0.4, 0.5) is 0 Å². The molecule has 1 rings (SSSR count). The van der Waals surface area contributed by atoms with Crippen molar-refractivity contribution in [3.8, 4) is 0 Å². The summed E-state index contributed by atoms with van der Waals surface area (Å²) in [5.41, 5.74) is 1.82. The van der Waals surface area contributed by atoms with Crippen molar-refractivity contribution < 1.29 is 8.42 Å². The lowest BCUT2D eigenvalue weighted by molar-refractivity contribution is 0.588. The van der Waals surface area contributed by atoms with Crippen LogP contribution in [-0.2, 0) is 9.84 Å². The van der Waals surface area contributed by atoms with E-state index < -0.39 is 9.84 Å². The summed E-state index contributed by atoms with van der Waals surface area (Å²) in [4.78, 5) is 0.486. The van der Waals surface area contributed by atoms with Gasteiger partial charge in [-0.25, -0.2) is 8.42 Å². The van der Waals surface area contributed by atoms with Gasteiger partial charge in [0.2, 0.25) is 0 Å². The lowest BCUT2D eigenvalue weighted by atomic mass is 10.2. The molecule has 0 aliphatic heterocycles. The Morgan fingerprint density at radius 3 is 2.39 bits per heavy atom. The van der Waals surface area contributed by atoms with Crippen molar-refractivity contribution in [1.29, 1.82) is 0 Å². The van der Waals surface area contributed by atoms with Crippen molar-refractivity contribution in [3.63, 3.8) is 0 Å². The zero-order chi connectivity index (χ0) is 13.6. The van der Waals surface area contributed by atoms with Crippen LogP contribution in [0.3, 0.4) is 0 Å². The van der Waals surface area contributed by atoms with E-state index in [1.165, 1.54) is 0 Å². The first-order chi connectivity index (χ1) is 8.47. The molecule has 0 aliphatic carbocycles. The molecule has 0 unspecified atom stereocenters. The lowest BCUT2D eigenvalue weighted by Gasteiger charge is -2.08. The molecule has 0 bridgehead atoms. The molecular weight excluding hydrogens is 268 g/mol. The maximum Gasteiger partial charge on any atom is 0.178 e. The van der Waals surface area contributed by atoms with Gasteiger partial charge in [-0.3, -0.25) is 0 Å². The Balaban J connectivity index is 2.66. The van der Waals surface area contributed by atoms with Gasteiger partial charge < -0.3 is 0 Å². The molecule has 1 aromatic rings. The molecule has 0 saturated heterocycles. The summed E-state index contributed by atoms with van der Waals surface area (Å²) in [5.74, 6) is 0.892. The Hall–Kier alpha value is -0.540. The first-order valence-electron chi connectivity index (χ1n) is 6.33. The molecule has 4 heteroatoms. The molecule has 0 N–H and O–H groups in total. The number of alkyl halides is 1. The number of sulfone groups is 1. The van der Waals surface area contributed by atoms with Crippen molar-refractivity contribution in [2.75, 3.05) is 11.6 Å². The highest BCUT2D eigenvalue weighted by Crippen LogP contribution is 2.19. The summed E-state index contributed by atoms with van der Waals surface area (Å²) in [7, 11) is -3.13. The lowest BCUT2D eigenvalue weighted by Crippen LogP contribution is -2.09. The summed E-state index contributed by atoms with van der Waals surface area (Å²) in [6.45, 7) is 3.76. The van der Waals surface area contributed by atoms with Gasteiger partial charge in [0.05, 0.1) is 10.6 Å². The maximum atomic E-state index is 12.2. The molecule has 0 fully saturated rings. The third-order valence-corrected chi connectivity index (χ3v) is 5.18. The van der Waals surface area contributed by atoms with Crippen LogP contribution >= 0.6 is 11.6 Å². The fourth-order valence-corrected chi connectivity index (χ4v) is 3.81. The van der Waals surface area contributed by atoms with E-state index in [0.29, 0.717) is 17.2 Å². The average molecular weight is 289 g/mol. The average Bonchev–Trinajstić information content (AvgIpc) is 2.32. The minimum absolute atomic E-state index is 0.236. The van der Waals surface area contributed by atoms with Crippen LogP contribution in [0.2, 0.25) is 0 Å². The van der Waals surface area contributed by atoms with Gasteiger partial charge in [-0.05, 0) is 43.9 Å². The van der Waals surface area contributed by atoms with Crippen molar-refractivity contribution in [2.24, 2.45) is 0 Å². The molecule has 0 atom stereocenters. The zero-order valence-corrected chi connectivity index (χ0v) is 12.6. The van der Waals surface area contributed by atoms with Crippen molar-refractivity contribution in [3.05, 3.63) is 29.3 Å². The molecule has 1 aromatic carbocycles. The van der Waals surface area contributed by atoms with Crippen LogP contribution < -0.4 is 0 Å². The monoisotopic (exact) mass is 288 g/mol. The summed E-state index contributed by atoms with van der Waals surface area (Å²) in [6, 6.07) is 5.58. The summed E-state index contributed by atoms with van der Waals surface area (Å²) < 4.78 is 24.4.